The van der Waals surface area contributed by atoms with Crippen LogP contribution in [0.4, 0.5) is 4.39 Å². The first-order valence-electron chi connectivity index (χ1n) is 1.08. The zero-order chi connectivity index (χ0) is 3.41. The van der Waals surface area contributed by atoms with Gasteiger partial charge in [0.1, 0.15) is 6.67 Å². The van der Waals surface area contributed by atoms with E-state index in [4.69, 9.17) is 5.11 Å². The van der Waals surface area contributed by atoms with Crippen LogP contribution in [0.1, 0.15) is 0 Å². The van der Waals surface area contributed by atoms with Crippen molar-refractivity contribution in [3.8, 4) is 0 Å². The van der Waals surface area contributed by atoms with Crippen LogP contribution in [-0.2, 0) is 0 Å². The van der Waals surface area contributed by atoms with Crippen LogP contribution in [0.2, 0.25) is 0 Å². The molecule has 0 aliphatic heterocycles. The molecule has 0 saturated heterocycles. The molecule has 0 bridgehead atoms. The fraction of sp³-hybridized carbons (Fsp3) is 1.00. The Bertz CT molecular complexity index is 11.6. The summed E-state index contributed by atoms with van der Waals surface area (Å²) >= 11 is 0. The van der Waals surface area contributed by atoms with Crippen molar-refractivity contribution in [2.24, 2.45) is 0 Å². The van der Waals surface area contributed by atoms with E-state index < -0.39 is 6.67 Å². The van der Waals surface area contributed by atoms with E-state index in [1.165, 1.54) is 0 Å². The molecule has 1 N–H and O–H groups in total. The van der Waals surface area contributed by atoms with Crippen LogP contribution in [0, 0.1) is 0 Å². The summed E-state index contributed by atoms with van der Waals surface area (Å²) in [5.41, 5.74) is 0. The number of halogens is 1. The predicted octanol–water partition coefficient (Wildman–Crippen LogP) is -0.700. The fourth-order valence-corrected chi connectivity index (χ4v) is 0. The topological polar surface area (TPSA) is 20.2 Å². The van der Waals surface area contributed by atoms with Crippen LogP contribution < -0.4 is 0 Å². The fourth-order valence-electron chi connectivity index (χ4n) is 0. The van der Waals surface area contributed by atoms with E-state index in [0.29, 0.717) is 0 Å². The van der Waals surface area contributed by atoms with Gasteiger partial charge in [-0.1, -0.05) is 0 Å². The zero-order valence-corrected chi connectivity index (χ0v) is 2.24. The number of alkyl halides is 1. The van der Waals surface area contributed by atoms with Crippen LogP contribution in [0.25, 0.3) is 0 Å². The standard InChI is InChI=1S/C2H5FO.Na.H/c3-1-2-4;;/h4H,1-2H2;;. The Kier molecular flexibility index (Phi) is 16.5. The van der Waals surface area contributed by atoms with Crippen molar-refractivity contribution in [1.29, 1.82) is 0 Å². The van der Waals surface area contributed by atoms with Gasteiger partial charge in [0.15, 0.2) is 0 Å². The molecule has 0 amide bonds. The molecule has 0 saturated carbocycles. The molecular formula is C2H6FNaO. The van der Waals surface area contributed by atoms with Gasteiger partial charge in [0, 0.05) is 0 Å². The number of rotatable bonds is 1. The molecule has 1 nitrogen and oxygen atoms in total. The summed E-state index contributed by atoms with van der Waals surface area (Å²) < 4.78 is 10.5. The monoisotopic (exact) mass is 88.0 g/mol. The second kappa shape index (κ2) is 8.86. The summed E-state index contributed by atoms with van der Waals surface area (Å²) in [4.78, 5) is 0. The van der Waals surface area contributed by atoms with Crippen molar-refractivity contribution in [3.63, 3.8) is 0 Å². The average molecular weight is 88.1 g/mol. The second-order valence-corrected chi connectivity index (χ2v) is 0.413. The van der Waals surface area contributed by atoms with Crippen molar-refractivity contribution in [2.75, 3.05) is 13.3 Å². The van der Waals surface area contributed by atoms with Gasteiger partial charge in [-0.15, -0.1) is 0 Å². The van der Waals surface area contributed by atoms with E-state index in [1.54, 1.807) is 0 Å². The van der Waals surface area contributed by atoms with Gasteiger partial charge in [-0.25, -0.2) is 4.39 Å². The summed E-state index contributed by atoms with van der Waals surface area (Å²) in [5, 5.41) is 7.50. The summed E-state index contributed by atoms with van der Waals surface area (Å²) in [6, 6.07) is 0. The van der Waals surface area contributed by atoms with Gasteiger partial charge in [0.05, 0.1) is 6.61 Å². The van der Waals surface area contributed by atoms with Gasteiger partial charge in [-0.2, -0.15) is 0 Å². The summed E-state index contributed by atoms with van der Waals surface area (Å²) in [7, 11) is 0. The number of aliphatic hydroxyl groups excluding tert-OH is 1. The quantitative estimate of drug-likeness (QED) is 0.420. The molecule has 5 heavy (non-hydrogen) atoms. The maximum atomic E-state index is 10.5. The molecule has 0 heterocycles. The van der Waals surface area contributed by atoms with Crippen LogP contribution in [0.15, 0.2) is 0 Å². The molecular weight excluding hydrogens is 82.0 g/mol. The van der Waals surface area contributed by atoms with Crippen molar-refractivity contribution >= 4 is 29.6 Å². The number of hydrogen-bond acceptors (Lipinski definition) is 1. The Morgan fingerprint density at radius 1 is 1.60 bits per heavy atom. The first kappa shape index (κ1) is 9.31. The normalized spacial score (nSPS) is 6.00. The third-order valence-electron chi connectivity index (χ3n) is 0.0845. The van der Waals surface area contributed by atoms with Crippen molar-refractivity contribution in [2.45, 2.75) is 0 Å². The van der Waals surface area contributed by atoms with Gasteiger partial charge >= 0.3 is 29.6 Å². The molecule has 0 fully saturated rings. The second-order valence-electron chi connectivity index (χ2n) is 0.413. The molecule has 0 aromatic rings. The van der Waals surface area contributed by atoms with Crippen LogP contribution in [-0.4, -0.2) is 47.9 Å². The third-order valence-corrected chi connectivity index (χ3v) is 0.0845. The number of hydrogen-bond donors (Lipinski definition) is 1. The van der Waals surface area contributed by atoms with Gasteiger partial charge < -0.3 is 5.11 Å². The Hall–Kier alpha value is 0.890. The van der Waals surface area contributed by atoms with Crippen molar-refractivity contribution < 1.29 is 9.50 Å². The summed E-state index contributed by atoms with van der Waals surface area (Å²) in [6.45, 7) is -0.972. The van der Waals surface area contributed by atoms with E-state index in [0.717, 1.165) is 0 Å². The molecule has 0 aliphatic carbocycles. The average Bonchev–Trinajstić information content (AvgIpc) is 1.37. The van der Waals surface area contributed by atoms with E-state index >= 15 is 0 Å². The van der Waals surface area contributed by atoms with E-state index in [2.05, 4.69) is 0 Å². The molecule has 0 atom stereocenters. The van der Waals surface area contributed by atoms with Gasteiger partial charge in [0.2, 0.25) is 0 Å². The Labute approximate surface area is 52.5 Å². The van der Waals surface area contributed by atoms with E-state index in [9.17, 15) is 4.39 Å². The number of aliphatic hydroxyl groups is 1. The van der Waals surface area contributed by atoms with E-state index in [-0.39, 0.29) is 36.2 Å². The van der Waals surface area contributed by atoms with Crippen LogP contribution >= 0.6 is 0 Å². The molecule has 0 rings (SSSR count). The maximum absolute atomic E-state index is 10.5. The molecule has 0 unspecified atom stereocenters. The SMILES string of the molecule is OCCF.[NaH]. The molecule has 0 radical (unpaired) electrons. The Balaban J connectivity index is 0. The molecule has 0 spiro atoms. The van der Waals surface area contributed by atoms with Crippen molar-refractivity contribution in [1.82, 2.24) is 0 Å². The molecule has 28 valence electrons. The minimum atomic E-state index is -0.625. The third kappa shape index (κ3) is 11.4. The minimum absolute atomic E-state index is 0. The van der Waals surface area contributed by atoms with Gasteiger partial charge in [0.25, 0.3) is 0 Å². The first-order valence-corrected chi connectivity index (χ1v) is 1.08. The first-order chi connectivity index (χ1) is 1.91. The molecule has 0 aromatic heterocycles. The molecule has 0 aromatic carbocycles. The van der Waals surface area contributed by atoms with Crippen LogP contribution in [0.5, 0.6) is 0 Å². The summed E-state index contributed by atoms with van der Waals surface area (Å²) in [6.07, 6.45) is 0. The molecule has 0 aliphatic rings. The van der Waals surface area contributed by atoms with Gasteiger partial charge in [-0.05, 0) is 0 Å². The van der Waals surface area contributed by atoms with Crippen molar-refractivity contribution in [3.05, 3.63) is 0 Å². The van der Waals surface area contributed by atoms with Crippen LogP contribution in [0.3, 0.4) is 0 Å². The Morgan fingerprint density at radius 2 is 1.80 bits per heavy atom. The predicted molar refractivity (Wildman–Crippen MR) is 20.2 cm³/mol. The molecule has 3 heteroatoms. The van der Waals surface area contributed by atoms with E-state index in [1.807, 2.05) is 0 Å². The summed E-state index contributed by atoms with van der Waals surface area (Å²) in [5.74, 6) is 0. The van der Waals surface area contributed by atoms with Gasteiger partial charge in [-0.3, -0.25) is 0 Å². The Morgan fingerprint density at radius 3 is 1.80 bits per heavy atom. The zero-order valence-electron chi connectivity index (χ0n) is 2.24.